The predicted molar refractivity (Wildman–Crippen MR) is 173 cm³/mol. The average molecular weight is 631 g/mol. The van der Waals surface area contributed by atoms with Crippen molar-refractivity contribution in [2.75, 3.05) is 52.1 Å². The van der Waals surface area contributed by atoms with Gasteiger partial charge >= 0.3 is 0 Å². The Morgan fingerprint density at radius 3 is 2.27 bits per heavy atom. The highest BCUT2D eigenvalue weighted by molar-refractivity contribution is 6.38. The normalized spacial score (nSPS) is 21.3. The quantitative estimate of drug-likeness (QED) is 0.134. The number of rotatable bonds is 10. The number of hydrazine groups is 1. The molecule has 13 heteroatoms. The van der Waals surface area contributed by atoms with Crippen LogP contribution in [0.4, 0.5) is 10.1 Å². The second-order valence-electron chi connectivity index (χ2n) is 12.3. The Bertz CT molecular complexity index is 1230. The molecule has 2 fully saturated rings. The van der Waals surface area contributed by atoms with Gasteiger partial charge in [-0.05, 0) is 56.3 Å². The van der Waals surface area contributed by atoms with Crippen LogP contribution in [-0.2, 0) is 19.2 Å². The van der Waals surface area contributed by atoms with E-state index in [0.29, 0.717) is 31.1 Å². The van der Waals surface area contributed by atoms with E-state index in [1.807, 2.05) is 7.05 Å². The summed E-state index contributed by atoms with van der Waals surface area (Å²) in [4.78, 5) is 60.5. The van der Waals surface area contributed by atoms with Gasteiger partial charge < -0.3 is 25.8 Å². The second kappa shape index (κ2) is 16.6. The molecule has 1 aromatic carbocycles. The molecule has 0 bridgehead atoms. The van der Waals surface area contributed by atoms with Crippen LogP contribution >= 0.6 is 0 Å². The van der Waals surface area contributed by atoms with Gasteiger partial charge in [0.15, 0.2) is 0 Å². The number of aliphatic imine (C=N–C) groups is 1. The molecule has 2 aliphatic rings. The number of benzene rings is 1. The van der Waals surface area contributed by atoms with E-state index in [-0.39, 0.29) is 35.7 Å². The van der Waals surface area contributed by atoms with Crippen LogP contribution in [0.15, 0.2) is 23.2 Å². The molecule has 1 saturated carbocycles. The van der Waals surface area contributed by atoms with Gasteiger partial charge in [0.25, 0.3) is 5.91 Å². The number of hydrogen-bond donors (Lipinski definition) is 4. The van der Waals surface area contributed by atoms with E-state index in [1.165, 1.54) is 24.2 Å². The number of nitrogens with one attached hydrogen (secondary N) is 3. The van der Waals surface area contributed by atoms with Crippen molar-refractivity contribution in [3.8, 4) is 0 Å². The summed E-state index contributed by atoms with van der Waals surface area (Å²) < 4.78 is 15.6. The predicted octanol–water partition coefficient (Wildman–Crippen LogP) is 2.07. The van der Waals surface area contributed by atoms with Crippen molar-refractivity contribution < 1.29 is 23.6 Å². The number of halogens is 1. The number of piperazine rings is 1. The third kappa shape index (κ3) is 9.46. The summed E-state index contributed by atoms with van der Waals surface area (Å²) in [6, 6.07) is 2.61. The molecule has 0 radical (unpaired) electrons. The van der Waals surface area contributed by atoms with Gasteiger partial charge in [0, 0.05) is 52.1 Å². The zero-order valence-corrected chi connectivity index (χ0v) is 27.6. The SMILES string of the molecule is CCC(=O)N[C@@H](C(=O)N1CCN(C)CC1)[C@@H](C)c1ccc(NC(=O)[C@@H](NC(=O)/C(=N/C)N(N)CC)[C@H]2CC[C@H](C)CC2)c(F)c1. The minimum absolute atomic E-state index is 0.000150. The van der Waals surface area contributed by atoms with Gasteiger partial charge in [-0.25, -0.2) is 10.2 Å². The molecule has 4 amide bonds. The van der Waals surface area contributed by atoms with Gasteiger partial charge in [0.05, 0.1) is 5.69 Å². The molecule has 1 aliphatic heterocycles. The summed E-state index contributed by atoms with van der Waals surface area (Å²) >= 11 is 0. The molecule has 5 N–H and O–H groups in total. The lowest BCUT2D eigenvalue weighted by Gasteiger charge is -2.36. The number of nitrogens with zero attached hydrogens (tertiary/aromatic N) is 4. The molecule has 0 unspecified atom stereocenters. The molecule has 3 atom stereocenters. The van der Waals surface area contributed by atoms with Gasteiger partial charge in [-0.3, -0.25) is 29.2 Å². The number of carbonyl (C=O) groups is 4. The maximum absolute atomic E-state index is 15.6. The minimum atomic E-state index is -0.917. The molecule has 0 spiro atoms. The summed E-state index contributed by atoms with van der Waals surface area (Å²) in [7, 11) is 3.45. The van der Waals surface area contributed by atoms with Crippen molar-refractivity contribution >= 4 is 35.2 Å². The topological polar surface area (TPSA) is 152 Å². The minimum Gasteiger partial charge on any atom is -0.344 e. The third-order valence-corrected chi connectivity index (χ3v) is 9.12. The number of amides is 4. The molecule has 1 saturated heterocycles. The fourth-order valence-corrected chi connectivity index (χ4v) is 5.95. The fourth-order valence-electron chi connectivity index (χ4n) is 5.95. The summed E-state index contributed by atoms with van der Waals surface area (Å²) in [6.45, 7) is 10.3. The van der Waals surface area contributed by atoms with E-state index in [9.17, 15) is 19.2 Å². The molecule has 3 rings (SSSR count). The maximum Gasteiger partial charge on any atom is 0.288 e. The zero-order valence-electron chi connectivity index (χ0n) is 27.6. The standard InChI is InChI=1S/C32H51FN8O4/c1-7-26(42)37-27(32(45)40-17-15-39(6)16-18-40)21(4)23-13-14-25(24(33)19-23)36-30(43)28(22-11-9-20(3)10-12-22)38-31(44)29(35-5)41(34)8-2/h13-14,19-22,27-28H,7-12,15-18,34H2,1-6H3,(H,36,43)(H,37,42)(H,38,44)/b35-29-/t20-,21-,22-,27+,28-/m0/s1. The molecule has 1 heterocycles. The molecule has 1 aliphatic carbocycles. The Kier molecular flexibility index (Phi) is 13.3. The van der Waals surface area contributed by atoms with Crippen LogP contribution in [0.1, 0.15) is 71.3 Å². The van der Waals surface area contributed by atoms with Crippen molar-refractivity contribution in [2.45, 2.75) is 77.8 Å². The third-order valence-electron chi connectivity index (χ3n) is 9.12. The Balaban J connectivity index is 1.81. The smallest absolute Gasteiger partial charge is 0.288 e. The number of nitrogens with two attached hydrogens (primary N) is 1. The van der Waals surface area contributed by atoms with Crippen molar-refractivity contribution in [2.24, 2.45) is 22.7 Å². The number of hydrogen-bond acceptors (Lipinski definition) is 7. The number of carbonyl (C=O) groups excluding carboxylic acids is 4. The average Bonchev–Trinajstić information content (AvgIpc) is 3.03. The van der Waals surface area contributed by atoms with Crippen LogP contribution in [0.2, 0.25) is 0 Å². The van der Waals surface area contributed by atoms with Crippen LogP contribution in [0.25, 0.3) is 0 Å². The molecule has 12 nitrogen and oxygen atoms in total. The summed E-state index contributed by atoms with van der Waals surface area (Å²) in [5.74, 6) is 3.52. The molecule has 0 aromatic heterocycles. The zero-order chi connectivity index (χ0) is 33.3. The van der Waals surface area contributed by atoms with Crippen molar-refractivity contribution in [3.05, 3.63) is 29.6 Å². The van der Waals surface area contributed by atoms with Gasteiger partial charge in [-0.15, -0.1) is 0 Å². The summed E-state index contributed by atoms with van der Waals surface area (Å²) in [6.07, 6.45) is 3.53. The lowest BCUT2D eigenvalue weighted by Crippen LogP contribution is -2.55. The Morgan fingerprint density at radius 1 is 1.07 bits per heavy atom. The van der Waals surface area contributed by atoms with E-state index < -0.39 is 35.6 Å². The van der Waals surface area contributed by atoms with Gasteiger partial charge in [0.1, 0.15) is 17.9 Å². The van der Waals surface area contributed by atoms with E-state index in [2.05, 4.69) is 32.8 Å². The molecular weight excluding hydrogens is 579 g/mol. The first-order valence-electron chi connectivity index (χ1n) is 16.1. The fraction of sp³-hybridized carbons (Fsp3) is 0.656. The highest BCUT2D eigenvalue weighted by Gasteiger charge is 2.35. The van der Waals surface area contributed by atoms with Crippen molar-refractivity contribution in [1.29, 1.82) is 0 Å². The number of likely N-dealkylation sites (N-methyl/N-ethyl adjacent to an activating group) is 2. The lowest BCUT2D eigenvalue weighted by atomic mass is 9.79. The van der Waals surface area contributed by atoms with Gasteiger partial charge in [-0.2, -0.15) is 0 Å². The first kappa shape index (κ1) is 35.9. The van der Waals surface area contributed by atoms with Crippen LogP contribution in [0.5, 0.6) is 0 Å². The Morgan fingerprint density at radius 2 is 1.71 bits per heavy atom. The Hall–Kier alpha value is -3.58. The molecule has 250 valence electrons. The first-order chi connectivity index (χ1) is 21.4. The number of anilines is 1. The molecular formula is C32H51FN8O4. The van der Waals surface area contributed by atoms with Crippen LogP contribution in [0.3, 0.4) is 0 Å². The maximum atomic E-state index is 15.6. The number of amidine groups is 1. The monoisotopic (exact) mass is 630 g/mol. The van der Waals surface area contributed by atoms with Crippen LogP contribution < -0.4 is 21.8 Å². The van der Waals surface area contributed by atoms with Crippen molar-refractivity contribution in [1.82, 2.24) is 25.4 Å². The summed E-state index contributed by atoms with van der Waals surface area (Å²) in [5, 5.41) is 9.53. The van der Waals surface area contributed by atoms with E-state index in [4.69, 9.17) is 5.84 Å². The highest BCUT2D eigenvalue weighted by atomic mass is 19.1. The molecule has 1 aromatic rings. The Labute approximate surface area is 266 Å². The van der Waals surface area contributed by atoms with E-state index in [1.54, 1.807) is 31.7 Å². The van der Waals surface area contributed by atoms with Gasteiger partial charge in [0.2, 0.25) is 23.6 Å². The van der Waals surface area contributed by atoms with E-state index >= 15 is 4.39 Å². The van der Waals surface area contributed by atoms with Crippen LogP contribution in [0, 0.1) is 17.7 Å². The van der Waals surface area contributed by atoms with E-state index in [0.717, 1.165) is 38.8 Å². The highest BCUT2D eigenvalue weighted by Crippen LogP contribution is 2.32. The largest absolute Gasteiger partial charge is 0.344 e. The lowest BCUT2D eigenvalue weighted by molar-refractivity contribution is -0.138. The second-order valence-corrected chi connectivity index (χ2v) is 12.3. The van der Waals surface area contributed by atoms with Gasteiger partial charge in [-0.1, -0.05) is 39.7 Å². The first-order valence-corrected chi connectivity index (χ1v) is 16.1. The summed E-state index contributed by atoms with van der Waals surface area (Å²) in [5.41, 5.74) is 0.462. The van der Waals surface area contributed by atoms with Crippen molar-refractivity contribution in [3.63, 3.8) is 0 Å². The molecule has 45 heavy (non-hydrogen) atoms. The van der Waals surface area contributed by atoms with Crippen LogP contribution in [-0.4, -0.2) is 103 Å².